The number of hydrogen-bond acceptors (Lipinski definition) is 4. The predicted octanol–water partition coefficient (Wildman–Crippen LogP) is 4.89. The third kappa shape index (κ3) is 7.44. The molecule has 0 bridgehead atoms. The van der Waals surface area contributed by atoms with Crippen molar-refractivity contribution in [2.45, 2.75) is 65.1 Å². The van der Waals surface area contributed by atoms with Gasteiger partial charge >= 0.3 is 0 Å². The number of amides is 2. The lowest BCUT2D eigenvalue weighted by molar-refractivity contribution is -0.139. The van der Waals surface area contributed by atoms with Gasteiger partial charge in [-0.3, -0.25) is 13.9 Å². The van der Waals surface area contributed by atoms with E-state index in [9.17, 15) is 22.4 Å². The van der Waals surface area contributed by atoms with E-state index in [1.807, 2.05) is 33.8 Å². The third-order valence-corrected chi connectivity index (χ3v) is 8.15. The van der Waals surface area contributed by atoms with Gasteiger partial charge in [-0.1, -0.05) is 47.5 Å². The minimum absolute atomic E-state index is 0.00288. The number of nitrogens with zero attached hydrogens (tertiary/aromatic N) is 2. The van der Waals surface area contributed by atoms with Gasteiger partial charge in [0.15, 0.2) is 0 Å². The van der Waals surface area contributed by atoms with Gasteiger partial charge in [0.1, 0.15) is 18.4 Å². The summed E-state index contributed by atoms with van der Waals surface area (Å²) >= 11 is 0. The molecule has 0 unspecified atom stereocenters. The number of sulfonamides is 1. The number of benzene rings is 3. The van der Waals surface area contributed by atoms with Crippen molar-refractivity contribution in [1.82, 2.24) is 10.2 Å². The Bertz CT molecular complexity index is 1420. The second-order valence-electron chi connectivity index (χ2n) is 10.1. The number of hydrogen-bond donors (Lipinski definition) is 1. The quantitative estimate of drug-likeness (QED) is 0.387. The fourth-order valence-corrected chi connectivity index (χ4v) is 5.69. The lowest BCUT2D eigenvalue weighted by Gasteiger charge is -2.32. The maximum absolute atomic E-state index is 13.9. The van der Waals surface area contributed by atoms with Gasteiger partial charge in [-0.05, 0) is 83.0 Å². The summed E-state index contributed by atoms with van der Waals surface area (Å²) < 4.78 is 42.5. The first-order valence-electron chi connectivity index (χ1n) is 12.8. The Labute approximate surface area is 230 Å². The molecule has 0 aliphatic carbocycles. The van der Waals surface area contributed by atoms with Crippen LogP contribution in [0, 0.1) is 26.6 Å². The Balaban J connectivity index is 2.06. The topological polar surface area (TPSA) is 86.8 Å². The van der Waals surface area contributed by atoms with Crippen molar-refractivity contribution in [2.75, 3.05) is 10.8 Å². The molecule has 0 saturated heterocycles. The molecule has 7 nitrogen and oxygen atoms in total. The van der Waals surface area contributed by atoms with E-state index < -0.39 is 34.3 Å². The minimum atomic E-state index is -4.14. The molecule has 3 aromatic carbocycles. The molecule has 1 N–H and O–H groups in total. The maximum Gasteiger partial charge on any atom is 0.264 e. The third-order valence-electron chi connectivity index (χ3n) is 6.37. The molecule has 0 heterocycles. The smallest absolute Gasteiger partial charge is 0.264 e. The summed E-state index contributed by atoms with van der Waals surface area (Å²) in [5.74, 6) is -1.37. The zero-order valence-corrected chi connectivity index (χ0v) is 24.0. The van der Waals surface area contributed by atoms with E-state index in [4.69, 9.17) is 0 Å². The van der Waals surface area contributed by atoms with Gasteiger partial charge in [0.05, 0.1) is 10.6 Å². The number of carbonyl (C=O) groups is 2. The summed E-state index contributed by atoms with van der Waals surface area (Å²) in [5.41, 5.74) is 3.52. The number of halogens is 1. The van der Waals surface area contributed by atoms with Gasteiger partial charge < -0.3 is 10.2 Å². The molecule has 9 heteroatoms. The molecule has 3 rings (SSSR count). The standard InChI is InChI=1S/C30H36FN3O4S/c1-20(2)32-30(36)24(6)33(18-25-10-12-26(31)13-11-25)29(35)19-34(28-16-9-22(4)17-23(28)5)39(37,38)27-14-7-21(3)8-15-27/h7-17,20,24H,18-19H2,1-6H3,(H,32,36)/t24-/m0/s1. The molecule has 0 aliphatic heterocycles. The van der Waals surface area contributed by atoms with Crippen molar-refractivity contribution in [3.8, 4) is 0 Å². The molecule has 39 heavy (non-hydrogen) atoms. The van der Waals surface area contributed by atoms with E-state index in [0.717, 1.165) is 15.4 Å². The molecule has 0 aromatic heterocycles. The van der Waals surface area contributed by atoms with Crippen LogP contribution in [0.1, 0.15) is 43.0 Å². The molecule has 208 valence electrons. The molecule has 0 radical (unpaired) electrons. The summed E-state index contributed by atoms with van der Waals surface area (Å²) in [7, 11) is -4.14. The van der Waals surface area contributed by atoms with E-state index in [2.05, 4.69) is 5.32 Å². The summed E-state index contributed by atoms with van der Waals surface area (Å²) in [6.45, 7) is 10.2. The van der Waals surface area contributed by atoms with E-state index in [0.29, 0.717) is 16.8 Å². The van der Waals surface area contributed by atoms with Crippen LogP contribution in [0.2, 0.25) is 0 Å². The molecular formula is C30H36FN3O4S. The zero-order chi connectivity index (χ0) is 28.9. The highest BCUT2D eigenvalue weighted by Crippen LogP contribution is 2.28. The highest BCUT2D eigenvalue weighted by molar-refractivity contribution is 7.92. The molecule has 3 aromatic rings. The molecule has 0 aliphatic rings. The van der Waals surface area contributed by atoms with E-state index in [1.165, 1.54) is 41.3 Å². The number of aryl methyl sites for hydroxylation is 3. The van der Waals surface area contributed by atoms with Crippen molar-refractivity contribution in [2.24, 2.45) is 0 Å². The van der Waals surface area contributed by atoms with Crippen molar-refractivity contribution in [3.63, 3.8) is 0 Å². The van der Waals surface area contributed by atoms with Gasteiger partial charge in [0.25, 0.3) is 10.0 Å². The van der Waals surface area contributed by atoms with Crippen LogP contribution in [0.3, 0.4) is 0 Å². The average molecular weight is 554 g/mol. The highest BCUT2D eigenvalue weighted by atomic mass is 32.2. The van der Waals surface area contributed by atoms with E-state index >= 15 is 0 Å². The first kappa shape index (κ1) is 29.8. The van der Waals surface area contributed by atoms with Crippen molar-refractivity contribution in [1.29, 1.82) is 0 Å². The molecular weight excluding hydrogens is 517 g/mol. The zero-order valence-electron chi connectivity index (χ0n) is 23.2. The Hall–Kier alpha value is -3.72. The van der Waals surface area contributed by atoms with Crippen molar-refractivity contribution >= 4 is 27.5 Å². The molecule has 2 amide bonds. The normalized spacial score (nSPS) is 12.2. The van der Waals surface area contributed by atoms with E-state index in [1.54, 1.807) is 38.1 Å². The van der Waals surface area contributed by atoms with Gasteiger partial charge in [0.2, 0.25) is 11.8 Å². The Kier molecular flexibility index (Phi) is 9.50. The van der Waals surface area contributed by atoms with Crippen LogP contribution in [-0.4, -0.2) is 43.8 Å². The van der Waals surface area contributed by atoms with Crippen LogP contribution < -0.4 is 9.62 Å². The number of nitrogens with one attached hydrogen (secondary N) is 1. The van der Waals surface area contributed by atoms with Gasteiger partial charge in [0, 0.05) is 12.6 Å². The van der Waals surface area contributed by atoms with Crippen LogP contribution in [0.25, 0.3) is 0 Å². The molecule has 0 saturated carbocycles. The minimum Gasteiger partial charge on any atom is -0.352 e. The lowest BCUT2D eigenvalue weighted by Crippen LogP contribution is -2.52. The summed E-state index contributed by atoms with van der Waals surface area (Å²) in [6.07, 6.45) is 0. The number of rotatable bonds is 10. The van der Waals surface area contributed by atoms with Crippen LogP contribution in [-0.2, 0) is 26.2 Å². The fourth-order valence-electron chi connectivity index (χ4n) is 4.21. The second-order valence-corrected chi connectivity index (χ2v) is 12.0. The fraction of sp³-hybridized carbons (Fsp3) is 0.333. The largest absolute Gasteiger partial charge is 0.352 e. The Morgan fingerprint density at radius 3 is 2.03 bits per heavy atom. The molecule has 1 atom stereocenters. The summed E-state index contributed by atoms with van der Waals surface area (Å²) in [6, 6.07) is 16.3. The SMILES string of the molecule is Cc1ccc(S(=O)(=O)N(CC(=O)N(Cc2ccc(F)cc2)[C@@H](C)C(=O)NC(C)C)c2ccc(C)cc2C)cc1. The summed E-state index contributed by atoms with van der Waals surface area (Å²) in [4.78, 5) is 28.2. The Morgan fingerprint density at radius 1 is 0.872 bits per heavy atom. The average Bonchev–Trinajstić information content (AvgIpc) is 2.86. The van der Waals surface area contributed by atoms with Crippen LogP contribution >= 0.6 is 0 Å². The van der Waals surface area contributed by atoms with Crippen molar-refractivity contribution < 1.29 is 22.4 Å². The van der Waals surface area contributed by atoms with Crippen LogP contribution in [0.4, 0.5) is 10.1 Å². The summed E-state index contributed by atoms with van der Waals surface area (Å²) in [5, 5.41) is 2.81. The van der Waals surface area contributed by atoms with Crippen LogP contribution in [0.15, 0.2) is 71.6 Å². The molecule has 0 spiro atoms. The van der Waals surface area contributed by atoms with E-state index in [-0.39, 0.29) is 23.4 Å². The first-order valence-corrected chi connectivity index (χ1v) is 14.2. The predicted molar refractivity (Wildman–Crippen MR) is 151 cm³/mol. The van der Waals surface area contributed by atoms with Gasteiger partial charge in [-0.15, -0.1) is 0 Å². The molecule has 0 fully saturated rings. The maximum atomic E-state index is 13.9. The number of carbonyl (C=O) groups excluding carboxylic acids is 2. The second kappa shape index (κ2) is 12.4. The van der Waals surface area contributed by atoms with Crippen LogP contribution in [0.5, 0.6) is 0 Å². The lowest BCUT2D eigenvalue weighted by atomic mass is 10.1. The first-order chi connectivity index (χ1) is 18.3. The van der Waals surface area contributed by atoms with Crippen molar-refractivity contribution in [3.05, 3.63) is 94.8 Å². The highest BCUT2D eigenvalue weighted by Gasteiger charge is 2.33. The number of anilines is 1. The monoisotopic (exact) mass is 553 g/mol. The van der Waals surface area contributed by atoms with Gasteiger partial charge in [-0.25, -0.2) is 12.8 Å². The van der Waals surface area contributed by atoms with Gasteiger partial charge in [-0.2, -0.15) is 0 Å². The Morgan fingerprint density at radius 2 is 1.46 bits per heavy atom.